The van der Waals surface area contributed by atoms with Gasteiger partial charge in [0.05, 0.1) is 0 Å². The summed E-state index contributed by atoms with van der Waals surface area (Å²) in [5.74, 6) is 0.134. The van der Waals surface area contributed by atoms with Crippen molar-refractivity contribution in [1.82, 2.24) is 0 Å². The van der Waals surface area contributed by atoms with Gasteiger partial charge in [-0.3, -0.25) is 4.79 Å². The van der Waals surface area contributed by atoms with Crippen molar-refractivity contribution in [3.05, 3.63) is 68.8 Å². The first-order valence-corrected chi connectivity index (χ1v) is 7.03. The van der Waals surface area contributed by atoms with E-state index in [1.54, 1.807) is 0 Å². The molecule has 2 rings (SSSR count). The molecule has 0 bridgehead atoms. The van der Waals surface area contributed by atoms with Crippen molar-refractivity contribution in [2.75, 3.05) is 0 Å². The summed E-state index contributed by atoms with van der Waals surface area (Å²) >= 11 is 0. The van der Waals surface area contributed by atoms with E-state index in [-0.39, 0.29) is 5.78 Å². The standard InChI is InChI=1S/C19H22O/c1-11-8-7-9-17(10-11)19(20)18-15(5)13(3)12(2)14(4)16(18)6/h7-10H,1-6H3. The van der Waals surface area contributed by atoms with Gasteiger partial charge in [0.2, 0.25) is 0 Å². The molecular weight excluding hydrogens is 244 g/mol. The molecule has 0 unspecified atom stereocenters. The zero-order valence-electron chi connectivity index (χ0n) is 13.2. The van der Waals surface area contributed by atoms with Crippen LogP contribution in [0.2, 0.25) is 0 Å². The van der Waals surface area contributed by atoms with Gasteiger partial charge in [0.15, 0.2) is 5.78 Å². The number of carbonyl (C=O) groups excluding carboxylic acids is 1. The molecule has 0 atom stereocenters. The maximum atomic E-state index is 12.9. The number of carbonyl (C=O) groups is 1. The predicted molar refractivity (Wildman–Crippen MR) is 84.7 cm³/mol. The average Bonchev–Trinajstić information content (AvgIpc) is 2.43. The monoisotopic (exact) mass is 266 g/mol. The Morgan fingerprint density at radius 3 is 1.75 bits per heavy atom. The highest BCUT2D eigenvalue weighted by Gasteiger charge is 2.19. The van der Waals surface area contributed by atoms with Crippen LogP contribution in [-0.2, 0) is 0 Å². The Morgan fingerprint density at radius 2 is 1.25 bits per heavy atom. The first-order valence-electron chi connectivity index (χ1n) is 7.03. The molecular formula is C19H22O. The van der Waals surface area contributed by atoms with Crippen molar-refractivity contribution >= 4 is 5.78 Å². The molecule has 0 aliphatic carbocycles. The van der Waals surface area contributed by atoms with E-state index >= 15 is 0 Å². The Kier molecular flexibility index (Phi) is 3.80. The lowest BCUT2D eigenvalue weighted by Crippen LogP contribution is -2.10. The van der Waals surface area contributed by atoms with E-state index in [4.69, 9.17) is 0 Å². The van der Waals surface area contributed by atoms with Crippen LogP contribution < -0.4 is 0 Å². The lowest BCUT2D eigenvalue weighted by atomic mass is 9.86. The largest absolute Gasteiger partial charge is 0.289 e. The number of benzene rings is 2. The van der Waals surface area contributed by atoms with E-state index in [2.05, 4.69) is 34.6 Å². The Labute approximate surface area is 121 Å². The van der Waals surface area contributed by atoms with Gasteiger partial charge >= 0.3 is 0 Å². The molecule has 2 aromatic carbocycles. The van der Waals surface area contributed by atoms with E-state index < -0.39 is 0 Å². The van der Waals surface area contributed by atoms with E-state index in [9.17, 15) is 4.79 Å². The van der Waals surface area contributed by atoms with Crippen molar-refractivity contribution < 1.29 is 4.79 Å². The summed E-state index contributed by atoms with van der Waals surface area (Å²) in [5, 5.41) is 0. The van der Waals surface area contributed by atoms with Gasteiger partial charge in [-0.25, -0.2) is 0 Å². The maximum absolute atomic E-state index is 12.9. The summed E-state index contributed by atoms with van der Waals surface area (Å²) < 4.78 is 0. The SMILES string of the molecule is Cc1cccc(C(=O)c2c(C)c(C)c(C)c(C)c2C)c1. The molecule has 0 aromatic heterocycles. The van der Waals surface area contributed by atoms with Gasteiger partial charge in [0.1, 0.15) is 0 Å². The van der Waals surface area contributed by atoms with Crippen LogP contribution in [-0.4, -0.2) is 5.78 Å². The van der Waals surface area contributed by atoms with Gasteiger partial charge in [-0.2, -0.15) is 0 Å². The third-order valence-corrected chi connectivity index (χ3v) is 4.51. The highest BCUT2D eigenvalue weighted by molar-refractivity contribution is 6.11. The molecule has 104 valence electrons. The summed E-state index contributed by atoms with van der Waals surface area (Å²) in [6, 6.07) is 7.83. The Morgan fingerprint density at radius 1 is 0.750 bits per heavy atom. The van der Waals surface area contributed by atoms with E-state index in [0.717, 1.165) is 27.8 Å². The number of hydrogen-bond donors (Lipinski definition) is 0. The van der Waals surface area contributed by atoms with Gasteiger partial charge in [-0.15, -0.1) is 0 Å². The smallest absolute Gasteiger partial charge is 0.193 e. The Balaban J connectivity index is 2.67. The minimum Gasteiger partial charge on any atom is -0.289 e. The summed E-state index contributed by atoms with van der Waals surface area (Å²) in [4.78, 5) is 12.9. The lowest BCUT2D eigenvalue weighted by Gasteiger charge is -2.18. The molecule has 2 aromatic rings. The van der Waals surface area contributed by atoms with Crippen molar-refractivity contribution in [3.63, 3.8) is 0 Å². The van der Waals surface area contributed by atoms with Gasteiger partial charge in [-0.1, -0.05) is 23.8 Å². The van der Waals surface area contributed by atoms with Crippen LogP contribution >= 0.6 is 0 Å². The molecule has 1 nitrogen and oxygen atoms in total. The van der Waals surface area contributed by atoms with Crippen LogP contribution in [0.4, 0.5) is 0 Å². The van der Waals surface area contributed by atoms with Gasteiger partial charge < -0.3 is 0 Å². The normalized spacial score (nSPS) is 10.7. The summed E-state index contributed by atoms with van der Waals surface area (Å²) in [6.07, 6.45) is 0. The average molecular weight is 266 g/mol. The zero-order valence-corrected chi connectivity index (χ0v) is 13.2. The van der Waals surface area contributed by atoms with Crippen molar-refractivity contribution in [2.45, 2.75) is 41.5 Å². The molecule has 0 N–H and O–H groups in total. The molecule has 0 saturated carbocycles. The topological polar surface area (TPSA) is 17.1 Å². The second kappa shape index (κ2) is 5.24. The fraction of sp³-hybridized carbons (Fsp3) is 0.316. The van der Waals surface area contributed by atoms with Crippen molar-refractivity contribution in [1.29, 1.82) is 0 Å². The number of rotatable bonds is 2. The molecule has 0 spiro atoms. The molecule has 0 radical (unpaired) electrons. The highest BCUT2D eigenvalue weighted by atomic mass is 16.1. The number of hydrogen-bond acceptors (Lipinski definition) is 1. The second-order valence-electron chi connectivity index (χ2n) is 5.70. The van der Waals surface area contributed by atoms with Gasteiger partial charge in [0, 0.05) is 11.1 Å². The van der Waals surface area contributed by atoms with Gasteiger partial charge in [-0.05, 0) is 75.4 Å². The van der Waals surface area contributed by atoms with Crippen molar-refractivity contribution in [2.24, 2.45) is 0 Å². The molecule has 0 aliphatic heterocycles. The van der Waals surface area contributed by atoms with Crippen LogP contribution in [0.1, 0.15) is 49.3 Å². The molecule has 1 heteroatoms. The lowest BCUT2D eigenvalue weighted by molar-refractivity contribution is 0.103. The number of ketones is 1. The quantitative estimate of drug-likeness (QED) is 0.716. The zero-order chi connectivity index (χ0) is 15.0. The van der Waals surface area contributed by atoms with Crippen LogP contribution in [0, 0.1) is 41.5 Å². The van der Waals surface area contributed by atoms with Gasteiger partial charge in [0.25, 0.3) is 0 Å². The highest BCUT2D eigenvalue weighted by Crippen LogP contribution is 2.28. The molecule has 0 saturated heterocycles. The van der Waals surface area contributed by atoms with E-state index in [1.165, 1.54) is 16.7 Å². The molecule has 0 fully saturated rings. The van der Waals surface area contributed by atoms with E-state index in [0.29, 0.717) is 0 Å². The number of aryl methyl sites for hydroxylation is 1. The third kappa shape index (κ3) is 2.29. The first-order chi connectivity index (χ1) is 9.34. The second-order valence-corrected chi connectivity index (χ2v) is 5.70. The van der Waals surface area contributed by atoms with Crippen LogP contribution in [0.25, 0.3) is 0 Å². The van der Waals surface area contributed by atoms with E-state index in [1.807, 2.05) is 31.2 Å². The molecule has 0 aliphatic rings. The Hall–Kier alpha value is -1.89. The molecule has 20 heavy (non-hydrogen) atoms. The summed E-state index contributed by atoms with van der Waals surface area (Å²) in [6.45, 7) is 12.5. The van der Waals surface area contributed by atoms with Crippen LogP contribution in [0.15, 0.2) is 24.3 Å². The van der Waals surface area contributed by atoms with Crippen molar-refractivity contribution in [3.8, 4) is 0 Å². The fourth-order valence-corrected chi connectivity index (χ4v) is 2.77. The molecule has 0 amide bonds. The van der Waals surface area contributed by atoms with Crippen LogP contribution in [0.3, 0.4) is 0 Å². The molecule has 0 heterocycles. The first kappa shape index (κ1) is 14.5. The third-order valence-electron chi connectivity index (χ3n) is 4.51. The summed E-state index contributed by atoms with van der Waals surface area (Å²) in [7, 11) is 0. The minimum atomic E-state index is 0.134. The summed E-state index contributed by atoms with van der Waals surface area (Å²) in [5.41, 5.74) is 8.73. The maximum Gasteiger partial charge on any atom is 0.193 e. The fourth-order valence-electron chi connectivity index (χ4n) is 2.77. The van der Waals surface area contributed by atoms with Crippen LogP contribution in [0.5, 0.6) is 0 Å². The Bertz CT molecular complexity index is 664. The predicted octanol–water partition coefficient (Wildman–Crippen LogP) is 4.77. The minimum absolute atomic E-state index is 0.134.